The third-order valence-electron chi connectivity index (χ3n) is 2.91. The Bertz CT molecular complexity index is 713. The number of benzene rings is 2. The van der Waals surface area contributed by atoms with Gasteiger partial charge < -0.3 is 10.1 Å². The zero-order chi connectivity index (χ0) is 15.8. The molecule has 0 saturated heterocycles. The van der Waals surface area contributed by atoms with Crippen molar-refractivity contribution in [1.82, 2.24) is 0 Å². The van der Waals surface area contributed by atoms with Crippen LogP contribution in [0.25, 0.3) is 6.08 Å². The Hall–Kier alpha value is -3.06. The molecule has 0 aromatic heterocycles. The monoisotopic (exact) mass is 292 g/mol. The number of nitrogens with zero attached hydrogens (tertiary/aromatic N) is 1. The Balaban J connectivity index is 2.03. The topological polar surface area (TPSA) is 62.1 Å². The second-order valence-electron chi connectivity index (χ2n) is 4.48. The molecule has 0 heterocycles. The molecule has 0 fully saturated rings. The van der Waals surface area contributed by atoms with Crippen molar-refractivity contribution in [2.24, 2.45) is 0 Å². The molecule has 4 nitrogen and oxygen atoms in total. The average molecular weight is 292 g/mol. The first-order valence-electron chi connectivity index (χ1n) is 6.94. The number of ether oxygens (including phenoxy) is 1. The second kappa shape index (κ2) is 7.65. The molecule has 1 N–H and O–H groups in total. The molecule has 0 aliphatic heterocycles. The number of nitriles is 1. The Morgan fingerprint density at radius 2 is 1.95 bits per heavy atom. The van der Waals surface area contributed by atoms with Crippen LogP contribution in [0.2, 0.25) is 0 Å². The Kier molecular flexibility index (Phi) is 5.33. The van der Waals surface area contributed by atoms with Gasteiger partial charge in [-0.2, -0.15) is 5.26 Å². The standard InChI is InChI=1S/C18H16N2O2/c1-2-22-17-6-4-3-5-15(17)9-12-18(21)20-16-10-7-14(13-19)8-11-16/h3-12H,2H2,1H3,(H,20,21)/b12-9+. The van der Waals surface area contributed by atoms with Gasteiger partial charge in [-0.1, -0.05) is 18.2 Å². The fraction of sp³-hybridized carbons (Fsp3) is 0.111. The first kappa shape index (κ1) is 15.3. The molecule has 2 aromatic rings. The third kappa shape index (κ3) is 4.22. The summed E-state index contributed by atoms with van der Waals surface area (Å²) in [6.45, 7) is 2.49. The Labute approximate surface area is 129 Å². The zero-order valence-electron chi connectivity index (χ0n) is 12.2. The highest BCUT2D eigenvalue weighted by Crippen LogP contribution is 2.19. The molecule has 0 bridgehead atoms. The molecule has 0 spiro atoms. The average Bonchev–Trinajstić information content (AvgIpc) is 2.55. The molecular weight excluding hydrogens is 276 g/mol. The minimum atomic E-state index is -0.240. The van der Waals surface area contributed by atoms with E-state index in [0.29, 0.717) is 17.9 Å². The second-order valence-corrected chi connectivity index (χ2v) is 4.48. The molecular formula is C18H16N2O2. The molecule has 0 aliphatic carbocycles. The number of hydrogen-bond donors (Lipinski definition) is 1. The number of carbonyl (C=O) groups is 1. The van der Waals surface area contributed by atoms with Crippen LogP contribution in [0.3, 0.4) is 0 Å². The van der Waals surface area contributed by atoms with E-state index in [0.717, 1.165) is 11.3 Å². The van der Waals surface area contributed by atoms with Gasteiger partial charge in [0.1, 0.15) is 5.75 Å². The number of amides is 1. The third-order valence-corrected chi connectivity index (χ3v) is 2.91. The van der Waals surface area contributed by atoms with Gasteiger partial charge in [-0.15, -0.1) is 0 Å². The van der Waals surface area contributed by atoms with E-state index in [1.807, 2.05) is 37.3 Å². The number of rotatable bonds is 5. The van der Waals surface area contributed by atoms with E-state index in [2.05, 4.69) is 5.32 Å². The van der Waals surface area contributed by atoms with Gasteiger partial charge in [0.05, 0.1) is 18.2 Å². The summed E-state index contributed by atoms with van der Waals surface area (Å²) >= 11 is 0. The largest absolute Gasteiger partial charge is 0.493 e. The lowest BCUT2D eigenvalue weighted by atomic mass is 10.2. The van der Waals surface area contributed by atoms with Gasteiger partial charge in [0.25, 0.3) is 0 Å². The van der Waals surface area contributed by atoms with Crippen LogP contribution in [0.5, 0.6) is 5.75 Å². The number of carbonyl (C=O) groups excluding carboxylic acids is 1. The van der Waals surface area contributed by atoms with E-state index >= 15 is 0 Å². The SMILES string of the molecule is CCOc1ccccc1/C=C/C(=O)Nc1ccc(C#N)cc1. The Morgan fingerprint density at radius 3 is 2.64 bits per heavy atom. The highest BCUT2D eigenvalue weighted by atomic mass is 16.5. The van der Waals surface area contributed by atoms with Crippen LogP contribution < -0.4 is 10.1 Å². The minimum Gasteiger partial charge on any atom is -0.493 e. The van der Waals surface area contributed by atoms with Gasteiger partial charge in [0, 0.05) is 17.3 Å². The first-order valence-corrected chi connectivity index (χ1v) is 6.94. The zero-order valence-corrected chi connectivity index (χ0v) is 12.2. The summed E-state index contributed by atoms with van der Waals surface area (Å²) in [4.78, 5) is 11.9. The highest BCUT2D eigenvalue weighted by molar-refractivity contribution is 6.02. The fourth-order valence-electron chi connectivity index (χ4n) is 1.88. The maximum atomic E-state index is 11.9. The Morgan fingerprint density at radius 1 is 1.23 bits per heavy atom. The van der Waals surface area contributed by atoms with Gasteiger partial charge in [-0.05, 0) is 43.3 Å². The summed E-state index contributed by atoms with van der Waals surface area (Å²) < 4.78 is 5.50. The molecule has 0 unspecified atom stereocenters. The molecule has 4 heteroatoms. The highest BCUT2D eigenvalue weighted by Gasteiger charge is 2.01. The summed E-state index contributed by atoms with van der Waals surface area (Å²) in [5.74, 6) is 0.503. The van der Waals surface area contributed by atoms with Crippen LogP contribution in [0.4, 0.5) is 5.69 Å². The van der Waals surface area contributed by atoms with Crippen molar-refractivity contribution in [1.29, 1.82) is 5.26 Å². The fourth-order valence-corrected chi connectivity index (χ4v) is 1.88. The van der Waals surface area contributed by atoms with E-state index in [1.165, 1.54) is 6.08 Å². The van der Waals surface area contributed by atoms with Crippen LogP contribution >= 0.6 is 0 Å². The van der Waals surface area contributed by atoms with E-state index in [-0.39, 0.29) is 5.91 Å². The predicted molar refractivity (Wildman–Crippen MR) is 86.4 cm³/mol. The smallest absolute Gasteiger partial charge is 0.248 e. The van der Waals surface area contributed by atoms with Crippen molar-refractivity contribution in [2.45, 2.75) is 6.92 Å². The molecule has 110 valence electrons. The van der Waals surface area contributed by atoms with Crippen LogP contribution in [0.1, 0.15) is 18.1 Å². The molecule has 0 atom stereocenters. The summed E-state index contributed by atoms with van der Waals surface area (Å²) in [6, 6.07) is 16.3. The van der Waals surface area contributed by atoms with E-state index < -0.39 is 0 Å². The van der Waals surface area contributed by atoms with Gasteiger partial charge in [0.2, 0.25) is 5.91 Å². The summed E-state index contributed by atoms with van der Waals surface area (Å²) in [5, 5.41) is 11.5. The molecule has 0 radical (unpaired) electrons. The van der Waals surface area contributed by atoms with Crippen molar-refractivity contribution in [3.63, 3.8) is 0 Å². The minimum absolute atomic E-state index is 0.240. The molecule has 2 rings (SSSR count). The maximum Gasteiger partial charge on any atom is 0.248 e. The van der Waals surface area contributed by atoms with Crippen molar-refractivity contribution < 1.29 is 9.53 Å². The number of nitrogens with one attached hydrogen (secondary N) is 1. The normalized spacial score (nSPS) is 10.2. The van der Waals surface area contributed by atoms with Gasteiger partial charge in [-0.25, -0.2) is 0 Å². The van der Waals surface area contributed by atoms with E-state index in [9.17, 15) is 4.79 Å². The summed E-state index contributed by atoms with van der Waals surface area (Å²) in [6.07, 6.45) is 3.17. The number of hydrogen-bond acceptors (Lipinski definition) is 3. The van der Waals surface area contributed by atoms with Crippen molar-refractivity contribution in [3.8, 4) is 11.8 Å². The van der Waals surface area contributed by atoms with Gasteiger partial charge in [0.15, 0.2) is 0 Å². The maximum absolute atomic E-state index is 11.9. The van der Waals surface area contributed by atoms with Crippen molar-refractivity contribution in [2.75, 3.05) is 11.9 Å². The quantitative estimate of drug-likeness (QED) is 0.856. The number of anilines is 1. The van der Waals surface area contributed by atoms with E-state index in [4.69, 9.17) is 10.00 Å². The molecule has 0 saturated carbocycles. The summed E-state index contributed by atoms with van der Waals surface area (Å²) in [5.41, 5.74) is 2.05. The van der Waals surface area contributed by atoms with Crippen LogP contribution in [-0.4, -0.2) is 12.5 Å². The van der Waals surface area contributed by atoms with Crippen molar-refractivity contribution >= 4 is 17.7 Å². The molecule has 0 aliphatic rings. The van der Waals surface area contributed by atoms with Crippen LogP contribution in [-0.2, 0) is 4.79 Å². The summed E-state index contributed by atoms with van der Waals surface area (Å²) in [7, 11) is 0. The van der Waals surface area contributed by atoms with Crippen LogP contribution in [0.15, 0.2) is 54.6 Å². The number of para-hydroxylation sites is 1. The van der Waals surface area contributed by atoms with Crippen molar-refractivity contribution in [3.05, 3.63) is 65.7 Å². The molecule has 22 heavy (non-hydrogen) atoms. The van der Waals surface area contributed by atoms with Crippen LogP contribution in [0, 0.1) is 11.3 Å². The first-order chi connectivity index (χ1) is 10.7. The lowest BCUT2D eigenvalue weighted by Crippen LogP contribution is -2.07. The molecule has 1 amide bonds. The lowest BCUT2D eigenvalue weighted by molar-refractivity contribution is -0.111. The van der Waals surface area contributed by atoms with E-state index in [1.54, 1.807) is 30.3 Å². The predicted octanol–water partition coefficient (Wildman–Crippen LogP) is 3.61. The van der Waals surface area contributed by atoms with Gasteiger partial charge >= 0.3 is 0 Å². The molecule has 2 aromatic carbocycles. The lowest BCUT2D eigenvalue weighted by Gasteiger charge is -2.06. The van der Waals surface area contributed by atoms with Gasteiger partial charge in [-0.3, -0.25) is 4.79 Å².